The second-order valence-corrected chi connectivity index (χ2v) is 7.04. The van der Waals surface area contributed by atoms with Gasteiger partial charge in [-0.2, -0.15) is 4.31 Å². The summed E-state index contributed by atoms with van der Waals surface area (Å²) in [7, 11) is -3.23. The molecule has 0 amide bonds. The average Bonchev–Trinajstić information content (AvgIpc) is 2.22. The third-order valence-corrected chi connectivity index (χ3v) is 6.20. The Morgan fingerprint density at radius 1 is 1.33 bits per heavy atom. The van der Waals surface area contributed by atoms with Gasteiger partial charge in [0.15, 0.2) is 5.78 Å². The molecule has 2 rings (SSSR count). The fraction of sp³-hybridized carbons (Fsp3) is 0.900. The van der Waals surface area contributed by atoms with Gasteiger partial charge in [0, 0.05) is 13.0 Å². The third kappa shape index (κ3) is 1.52. The topological polar surface area (TPSA) is 54.5 Å². The SMILES string of the molecule is CC1(C)C(=O)CCN1S(=O)(=O)C1CCC1. The van der Waals surface area contributed by atoms with Crippen LogP contribution in [0, 0.1) is 0 Å². The predicted octanol–water partition coefficient (Wildman–Crippen LogP) is 0.922. The van der Waals surface area contributed by atoms with Crippen LogP contribution in [0.1, 0.15) is 39.5 Å². The van der Waals surface area contributed by atoms with Crippen molar-refractivity contribution >= 4 is 15.8 Å². The number of Topliss-reactive ketones (excluding diaryl/α,β-unsaturated/α-hetero) is 1. The van der Waals surface area contributed by atoms with Crippen molar-refractivity contribution in [2.45, 2.75) is 50.3 Å². The number of hydrogen-bond acceptors (Lipinski definition) is 3. The fourth-order valence-electron chi connectivity index (χ4n) is 2.22. The molecule has 0 radical (unpaired) electrons. The minimum absolute atomic E-state index is 0.0328. The summed E-state index contributed by atoms with van der Waals surface area (Å²) in [6.07, 6.45) is 2.86. The zero-order valence-electron chi connectivity index (χ0n) is 9.19. The van der Waals surface area contributed by atoms with Crippen LogP contribution in [0.2, 0.25) is 0 Å². The van der Waals surface area contributed by atoms with Crippen LogP contribution in [0.5, 0.6) is 0 Å². The molecular weight excluding hydrogens is 214 g/mol. The van der Waals surface area contributed by atoms with Crippen molar-refractivity contribution in [3.05, 3.63) is 0 Å². The van der Waals surface area contributed by atoms with E-state index in [2.05, 4.69) is 0 Å². The molecule has 0 atom stereocenters. The van der Waals surface area contributed by atoms with Crippen LogP contribution in [0.25, 0.3) is 0 Å². The summed E-state index contributed by atoms with van der Waals surface area (Å²) in [6.45, 7) is 3.78. The van der Waals surface area contributed by atoms with Gasteiger partial charge >= 0.3 is 0 Å². The Kier molecular flexibility index (Phi) is 2.43. The summed E-state index contributed by atoms with van der Waals surface area (Å²) < 4.78 is 25.7. The van der Waals surface area contributed by atoms with Crippen LogP contribution < -0.4 is 0 Å². The van der Waals surface area contributed by atoms with E-state index in [-0.39, 0.29) is 11.0 Å². The fourth-order valence-corrected chi connectivity index (χ4v) is 4.59. The van der Waals surface area contributed by atoms with Gasteiger partial charge in [-0.25, -0.2) is 8.42 Å². The van der Waals surface area contributed by atoms with Gasteiger partial charge in [-0.05, 0) is 26.7 Å². The van der Waals surface area contributed by atoms with E-state index in [1.54, 1.807) is 13.8 Å². The number of hydrogen-bond donors (Lipinski definition) is 0. The molecule has 1 saturated carbocycles. The number of carbonyl (C=O) groups is 1. The molecule has 1 aliphatic carbocycles. The molecule has 15 heavy (non-hydrogen) atoms. The maximum Gasteiger partial charge on any atom is 0.217 e. The summed E-state index contributed by atoms with van der Waals surface area (Å²) in [5.41, 5.74) is -0.825. The van der Waals surface area contributed by atoms with E-state index in [1.807, 2.05) is 0 Å². The second kappa shape index (κ2) is 3.28. The minimum atomic E-state index is -3.23. The van der Waals surface area contributed by atoms with Crippen LogP contribution in [0.4, 0.5) is 0 Å². The molecule has 4 nitrogen and oxygen atoms in total. The monoisotopic (exact) mass is 231 g/mol. The maximum absolute atomic E-state index is 12.1. The third-order valence-electron chi connectivity index (χ3n) is 3.63. The largest absolute Gasteiger partial charge is 0.298 e. The quantitative estimate of drug-likeness (QED) is 0.710. The molecule has 1 aliphatic heterocycles. The highest BCUT2D eigenvalue weighted by Gasteiger charge is 2.49. The molecule has 2 aliphatic rings. The molecule has 0 bridgehead atoms. The summed E-state index contributed by atoms with van der Waals surface area (Å²) >= 11 is 0. The molecule has 1 heterocycles. The smallest absolute Gasteiger partial charge is 0.217 e. The van der Waals surface area contributed by atoms with Crippen LogP contribution in [0.15, 0.2) is 0 Å². The lowest BCUT2D eigenvalue weighted by Gasteiger charge is -2.35. The number of rotatable bonds is 2. The van der Waals surface area contributed by atoms with Crippen molar-refractivity contribution in [1.82, 2.24) is 4.31 Å². The average molecular weight is 231 g/mol. The standard InChI is InChI=1S/C10H17NO3S/c1-10(2)9(12)6-7-11(10)15(13,14)8-4-3-5-8/h8H,3-7H2,1-2H3. The second-order valence-electron chi connectivity index (χ2n) is 4.90. The van der Waals surface area contributed by atoms with Gasteiger partial charge in [0.1, 0.15) is 0 Å². The molecule has 0 N–H and O–H groups in total. The van der Waals surface area contributed by atoms with Gasteiger partial charge in [-0.3, -0.25) is 4.79 Å². The minimum Gasteiger partial charge on any atom is -0.298 e. The Labute approximate surface area is 90.7 Å². The maximum atomic E-state index is 12.1. The zero-order valence-corrected chi connectivity index (χ0v) is 10.0. The van der Waals surface area contributed by atoms with Crippen molar-refractivity contribution in [2.75, 3.05) is 6.54 Å². The molecule has 0 aromatic rings. The lowest BCUT2D eigenvalue weighted by Crippen LogP contribution is -2.51. The summed E-state index contributed by atoms with van der Waals surface area (Å²) in [5.74, 6) is 0.0328. The van der Waals surface area contributed by atoms with Crippen LogP contribution in [-0.4, -0.2) is 35.8 Å². The van der Waals surface area contributed by atoms with E-state index < -0.39 is 15.6 Å². The van der Waals surface area contributed by atoms with Crippen molar-refractivity contribution in [3.63, 3.8) is 0 Å². The molecule has 0 aromatic heterocycles. The van der Waals surface area contributed by atoms with Gasteiger partial charge in [-0.15, -0.1) is 0 Å². The van der Waals surface area contributed by atoms with Gasteiger partial charge in [0.05, 0.1) is 10.8 Å². The summed E-state index contributed by atoms with van der Waals surface area (Å²) in [4.78, 5) is 11.6. The van der Waals surface area contributed by atoms with Gasteiger partial charge in [0.25, 0.3) is 0 Å². The van der Waals surface area contributed by atoms with Crippen molar-refractivity contribution in [1.29, 1.82) is 0 Å². The zero-order chi connectivity index (χ0) is 11.3. The molecule has 86 valence electrons. The molecule has 1 saturated heterocycles. The molecule has 0 aromatic carbocycles. The van der Waals surface area contributed by atoms with Gasteiger partial charge in [-0.1, -0.05) is 6.42 Å². The number of carbonyl (C=O) groups excluding carboxylic acids is 1. The Balaban J connectivity index is 2.28. The highest BCUT2D eigenvalue weighted by Crippen LogP contribution is 2.35. The van der Waals surface area contributed by atoms with Crippen LogP contribution in [0.3, 0.4) is 0 Å². The molecule has 5 heteroatoms. The van der Waals surface area contributed by atoms with E-state index in [4.69, 9.17) is 0 Å². The number of nitrogens with zero attached hydrogens (tertiary/aromatic N) is 1. The molecular formula is C10H17NO3S. The Morgan fingerprint density at radius 2 is 1.93 bits per heavy atom. The number of sulfonamides is 1. The first-order chi connectivity index (χ1) is 6.87. The van der Waals surface area contributed by atoms with E-state index in [0.29, 0.717) is 13.0 Å². The highest BCUT2D eigenvalue weighted by atomic mass is 32.2. The first kappa shape index (κ1) is 11.1. The van der Waals surface area contributed by atoms with Crippen LogP contribution in [-0.2, 0) is 14.8 Å². The van der Waals surface area contributed by atoms with E-state index in [1.165, 1.54) is 4.31 Å². The summed E-state index contributed by atoms with van der Waals surface area (Å²) in [5, 5.41) is -0.234. The Hall–Kier alpha value is -0.420. The van der Waals surface area contributed by atoms with Crippen molar-refractivity contribution in [3.8, 4) is 0 Å². The Morgan fingerprint density at radius 3 is 2.27 bits per heavy atom. The van der Waals surface area contributed by atoms with E-state index in [0.717, 1.165) is 19.3 Å². The first-order valence-electron chi connectivity index (χ1n) is 5.42. The lowest BCUT2D eigenvalue weighted by molar-refractivity contribution is -0.122. The van der Waals surface area contributed by atoms with E-state index in [9.17, 15) is 13.2 Å². The Bertz CT molecular complexity index is 381. The normalized spacial score (nSPS) is 28.0. The van der Waals surface area contributed by atoms with Crippen LogP contribution >= 0.6 is 0 Å². The van der Waals surface area contributed by atoms with E-state index >= 15 is 0 Å². The van der Waals surface area contributed by atoms with Gasteiger partial charge < -0.3 is 0 Å². The molecule has 2 fully saturated rings. The summed E-state index contributed by atoms with van der Waals surface area (Å²) in [6, 6.07) is 0. The molecule has 0 unspecified atom stereocenters. The first-order valence-corrected chi connectivity index (χ1v) is 6.92. The molecule has 0 spiro atoms. The highest BCUT2D eigenvalue weighted by molar-refractivity contribution is 7.89. The number of ketones is 1. The van der Waals surface area contributed by atoms with Gasteiger partial charge in [0.2, 0.25) is 10.0 Å². The predicted molar refractivity (Wildman–Crippen MR) is 57.0 cm³/mol. The van der Waals surface area contributed by atoms with Crippen molar-refractivity contribution < 1.29 is 13.2 Å². The lowest BCUT2D eigenvalue weighted by atomic mass is 10.00. The van der Waals surface area contributed by atoms with Crippen molar-refractivity contribution in [2.24, 2.45) is 0 Å².